The lowest BCUT2D eigenvalue weighted by molar-refractivity contribution is 0.0358. The first-order valence-electron chi connectivity index (χ1n) is 11.9. The standard InChI is InChI=1S/C25H33N5O3/c1-31-21-3-4-22(24(18-21)33-14-2-8-28-12-15-32-16-13-28)23-19-30-9-5-20(17-25(30)27-23)29-10-6-26-7-11-29/h3-5,9,17-19,26H,2,6-8,10-16H2,1H3. The van der Waals surface area contributed by atoms with Crippen molar-refractivity contribution >= 4 is 11.3 Å². The SMILES string of the molecule is COc1ccc(-c2cn3ccc(N4CCNCC4)cc3n2)c(OCCCN2CCOCC2)c1. The van der Waals surface area contributed by atoms with Crippen molar-refractivity contribution in [2.24, 2.45) is 0 Å². The molecule has 0 radical (unpaired) electrons. The van der Waals surface area contributed by atoms with Gasteiger partial charge in [0.05, 0.1) is 32.6 Å². The molecule has 2 fully saturated rings. The Morgan fingerprint density at radius 3 is 2.73 bits per heavy atom. The van der Waals surface area contributed by atoms with Gasteiger partial charge >= 0.3 is 0 Å². The van der Waals surface area contributed by atoms with E-state index in [0.717, 1.165) is 93.9 Å². The highest BCUT2D eigenvalue weighted by Gasteiger charge is 2.15. The maximum Gasteiger partial charge on any atom is 0.139 e. The Balaban J connectivity index is 1.32. The molecule has 0 atom stereocenters. The van der Waals surface area contributed by atoms with Gasteiger partial charge in [-0.05, 0) is 24.6 Å². The summed E-state index contributed by atoms with van der Waals surface area (Å²) in [6.45, 7) is 9.39. The predicted molar refractivity (Wildman–Crippen MR) is 130 cm³/mol. The van der Waals surface area contributed by atoms with Crippen LogP contribution in [0.3, 0.4) is 0 Å². The van der Waals surface area contributed by atoms with E-state index < -0.39 is 0 Å². The topological polar surface area (TPSA) is 63.5 Å². The van der Waals surface area contributed by atoms with Gasteiger partial charge in [0.25, 0.3) is 0 Å². The summed E-state index contributed by atoms with van der Waals surface area (Å²) >= 11 is 0. The molecular weight excluding hydrogens is 418 g/mol. The Morgan fingerprint density at radius 2 is 1.91 bits per heavy atom. The van der Waals surface area contributed by atoms with Gasteiger partial charge in [0.1, 0.15) is 17.1 Å². The van der Waals surface area contributed by atoms with Crippen molar-refractivity contribution in [3.8, 4) is 22.8 Å². The molecule has 2 aliphatic heterocycles. The molecule has 8 nitrogen and oxygen atoms in total. The number of aromatic nitrogens is 2. The summed E-state index contributed by atoms with van der Waals surface area (Å²) in [6, 6.07) is 10.3. The number of anilines is 1. The van der Waals surface area contributed by atoms with Crippen molar-refractivity contribution in [3.05, 3.63) is 42.7 Å². The van der Waals surface area contributed by atoms with Crippen LogP contribution in [-0.4, -0.2) is 87.0 Å². The van der Waals surface area contributed by atoms with E-state index in [1.807, 2.05) is 18.2 Å². The highest BCUT2D eigenvalue weighted by Crippen LogP contribution is 2.33. The number of nitrogens with one attached hydrogen (secondary N) is 1. The van der Waals surface area contributed by atoms with E-state index in [-0.39, 0.29) is 0 Å². The van der Waals surface area contributed by atoms with E-state index in [2.05, 4.69) is 44.0 Å². The number of piperazine rings is 1. The normalized spacial score (nSPS) is 17.4. The zero-order valence-corrected chi connectivity index (χ0v) is 19.3. The minimum absolute atomic E-state index is 0.651. The molecule has 0 spiro atoms. The van der Waals surface area contributed by atoms with Gasteiger partial charge in [0.2, 0.25) is 0 Å². The molecular formula is C25H33N5O3. The number of benzene rings is 1. The van der Waals surface area contributed by atoms with Crippen LogP contribution in [0.15, 0.2) is 42.7 Å². The number of methoxy groups -OCH3 is 1. The summed E-state index contributed by atoms with van der Waals surface area (Å²) < 4.78 is 19.2. The van der Waals surface area contributed by atoms with Gasteiger partial charge in [-0.2, -0.15) is 0 Å². The number of fused-ring (bicyclic) bond motifs is 1. The Morgan fingerprint density at radius 1 is 1.06 bits per heavy atom. The maximum atomic E-state index is 6.24. The van der Waals surface area contributed by atoms with Crippen molar-refractivity contribution in [3.63, 3.8) is 0 Å². The quantitative estimate of drug-likeness (QED) is 0.528. The molecule has 0 unspecified atom stereocenters. The molecule has 0 aliphatic carbocycles. The smallest absolute Gasteiger partial charge is 0.139 e. The molecule has 0 bridgehead atoms. The summed E-state index contributed by atoms with van der Waals surface area (Å²) in [4.78, 5) is 9.77. The van der Waals surface area contributed by atoms with Crippen LogP contribution in [0.2, 0.25) is 0 Å². The Hall–Kier alpha value is -2.81. The van der Waals surface area contributed by atoms with Crippen molar-refractivity contribution < 1.29 is 14.2 Å². The molecule has 8 heteroatoms. The number of nitrogens with zero attached hydrogens (tertiary/aromatic N) is 4. The molecule has 0 saturated carbocycles. The number of imidazole rings is 1. The number of pyridine rings is 1. The number of ether oxygens (including phenoxy) is 3. The third kappa shape index (κ3) is 5.24. The lowest BCUT2D eigenvalue weighted by Crippen LogP contribution is -2.43. The number of rotatable bonds is 8. The van der Waals surface area contributed by atoms with Crippen LogP contribution in [0.5, 0.6) is 11.5 Å². The second-order valence-electron chi connectivity index (χ2n) is 8.53. The molecule has 33 heavy (non-hydrogen) atoms. The van der Waals surface area contributed by atoms with Crippen LogP contribution < -0.4 is 19.7 Å². The number of morpholine rings is 1. The Bertz CT molecular complexity index is 1060. The molecule has 0 amide bonds. The van der Waals surface area contributed by atoms with Crippen LogP contribution in [-0.2, 0) is 4.74 Å². The molecule has 2 aliphatic rings. The molecule has 176 valence electrons. The van der Waals surface area contributed by atoms with E-state index in [0.29, 0.717) is 6.61 Å². The van der Waals surface area contributed by atoms with E-state index in [1.165, 1.54) is 5.69 Å². The third-order valence-corrected chi connectivity index (χ3v) is 6.37. The lowest BCUT2D eigenvalue weighted by Gasteiger charge is -2.29. The number of hydrogen-bond donors (Lipinski definition) is 1. The van der Waals surface area contributed by atoms with Gasteiger partial charge in [0, 0.05) is 81.6 Å². The summed E-state index contributed by atoms with van der Waals surface area (Å²) in [5.74, 6) is 1.59. The van der Waals surface area contributed by atoms with Gasteiger partial charge in [0.15, 0.2) is 0 Å². The highest BCUT2D eigenvalue weighted by molar-refractivity contribution is 5.71. The van der Waals surface area contributed by atoms with Crippen LogP contribution in [0.25, 0.3) is 16.9 Å². The summed E-state index contributed by atoms with van der Waals surface area (Å²) in [5, 5.41) is 3.41. The van der Waals surface area contributed by atoms with Crippen LogP contribution in [0.1, 0.15) is 6.42 Å². The summed E-state index contributed by atoms with van der Waals surface area (Å²) in [6.07, 6.45) is 5.13. The largest absolute Gasteiger partial charge is 0.497 e. The van der Waals surface area contributed by atoms with Gasteiger partial charge in [-0.3, -0.25) is 4.90 Å². The van der Waals surface area contributed by atoms with Crippen LogP contribution in [0, 0.1) is 0 Å². The fourth-order valence-electron chi connectivity index (χ4n) is 4.48. The van der Waals surface area contributed by atoms with Gasteiger partial charge in [-0.25, -0.2) is 4.98 Å². The third-order valence-electron chi connectivity index (χ3n) is 6.37. The van der Waals surface area contributed by atoms with Gasteiger partial charge < -0.3 is 28.8 Å². The number of hydrogen-bond acceptors (Lipinski definition) is 7. The minimum Gasteiger partial charge on any atom is -0.497 e. The van der Waals surface area contributed by atoms with Crippen molar-refractivity contribution in [2.45, 2.75) is 6.42 Å². The summed E-state index contributed by atoms with van der Waals surface area (Å²) in [7, 11) is 1.68. The van der Waals surface area contributed by atoms with Crippen molar-refractivity contribution in [2.75, 3.05) is 77.6 Å². The van der Waals surface area contributed by atoms with Crippen LogP contribution >= 0.6 is 0 Å². The van der Waals surface area contributed by atoms with E-state index in [1.54, 1.807) is 7.11 Å². The molecule has 1 aromatic carbocycles. The Kier molecular flexibility index (Phi) is 6.95. The molecule has 5 rings (SSSR count). The molecule has 4 heterocycles. The first-order chi connectivity index (χ1) is 16.3. The highest BCUT2D eigenvalue weighted by atomic mass is 16.5. The average Bonchev–Trinajstić information content (AvgIpc) is 3.31. The van der Waals surface area contributed by atoms with Crippen molar-refractivity contribution in [1.82, 2.24) is 19.6 Å². The second kappa shape index (κ2) is 10.4. The zero-order valence-electron chi connectivity index (χ0n) is 19.3. The minimum atomic E-state index is 0.651. The van der Waals surface area contributed by atoms with Gasteiger partial charge in [-0.1, -0.05) is 0 Å². The van der Waals surface area contributed by atoms with Crippen molar-refractivity contribution in [1.29, 1.82) is 0 Å². The first kappa shape index (κ1) is 22.0. The zero-order chi connectivity index (χ0) is 22.5. The molecule has 3 aromatic rings. The average molecular weight is 452 g/mol. The van der Waals surface area contributed by atoms with Crippen LogP contribution in [0.4, 0.5) is 5.69 Å². The monoisotopic (exact) mass is 451 g/mol. The molecule has 1 N–H and O–H groups in total. The van der Waals surface area contributed by atoms with E-state index >= 15 is 0 Å². The first-order valence-corrected chi connectivity index (χ1v) is 11.9. The fraction of sp³-hybridized carbons (Fsp3) is 0.480. The molecule has 2 saturated heterocycles. The van der Waals surface area contributed by atoms with E-state index in [4.69, 9.17) is 19.2 Å². The lowest BCUT2D eigenvalue weighted by atomic mass is 10.1. The second-order valence-corrected chi connectivity index (χ2v) is 8.53. The summed E-state index contributed by atoms with van der Waals surface area (Å²) in [5.41, 5.74) is 4.04. The maximum absolute atomic E-state index is 6.24. The van der Waals surface area contributed by atoms with E-state index in [9.17, 15) is 0 Å². The van der Waals surface area contributed by atoms with Gasteiger partial charge in [-0.15, -0.1) is 0 Å². The fourth-order valence-corrected chi connectivity index (χ4v) is 4.48. The predicted octanol–water partition coefficient (Wildman–Crippen LogP) is 2.52. The Labute approximate surface area is 195 Å². The molecule has 2 aromatic heterocycles.